The van der Waals surface area contributed by atoms with Gasteiger partial charge < -0.3 is 21.7 Å². The van der Waals surface area contributed by atoms with E-state index < -0.39 is 0 Å². The van der Waals surface area contributed by atoms with Gasteiger partial charge in [-0.15, -0.1) is 0 Å². The molecule has 5 aromatic rings. The molecule has 6 N–H and O–H groups in total. The molecule has 0 spiro atoms. The fraction of sp³-hybridized carbons (Fsp3) is 0.0714. The van der Waals surface area contributed by atoms with Gasteiger partial charge in [-0.3, -0.25) is 10.4 Å². The summed E-state index contributed by atoms with van der Waals surface area (Å²) in [6.45, 7) is 3.86. The van der Waals surface area contributed by atoms with E-state index >= 15 is 0 Å². The largest absolute Gasteiger partial charge is 0.368 e. The van der Waals surface area contributed by atoms with Gasteiger partial charge in [-0.2, -0.15) is 4.98 Å². The van der Waals surface area contributed by atoms with Crippen LogP contribution in [0.4, 0.5) is 34.5 Å². The van der Waals surface area contributed by atoms with Crippen LogP contribution in [0, 0.1) is 19.3 Å². The fourth-order valence-electron chi connectivity index (χ4n) is 3.97. The highest BCUT2D eigenvalue weighted by Crippen LogP contribution is 2.26. The first-order chi connectivity index (χ1) is 17.4. The van der Waals surface area contributed by atoms with E-state index in [2.05, 4.69) is 30.9 Å². The Kier molecular flexibility index (Phi) is 6.15. The van der Waals surface area contributed by atoms with Crippen LogP contribution in [0.1, 0.15) is 16.8 Å². The van der Waals surface area contributed by atoms with Crippen LogP contribution < -0.4 is 21.7 Å². The second kappa shape index (κ2) is 9.71. The number of rotatable bonds is 6. The molecule has 0 saturated carbocycles. The minimum absolute atomic E-state index is 0.233. The second-order valence-electron chi connectivity index (χ2n) is 8.49. The number of aromatic nitrogens is 3. The number of benzene rings is 3. The van der Waals surface area contributed by atoms with Crippen molar-refractivity contribution in [3.8, 4) is 0 Å². The lowest BCUT2D eigenvalue weighted by Crippen LogP contribution is -2.13. The van der Waals surface area contributed by atoms with Crippen LogP contribution in [0.5, 0.6) is 0 Å². The highest BCUT2D eigenvalue weighted by atomic mass is 15.1. The molecule has 0 atom stereocenters. The molecule has 0 aliphatic rings. The van der Waals surface area contributed by atoms with Gasteiger partial charge in [0.15, 0.2) is 0 Å². The van der Waals surface area contributed by atoms with Crippen molar-refractivity contribution in [2.45, 2.75) is 13.8 Å². The molecule has 0 unspecified atom stereocenters. The molecule has 5 rings (SSSR count). The lowest BCUT2D eigenvalue weighted by atomic mass is 10.1. The second-order valence-corrected chi connectivity index (χ2v) is 8.49. The number of aryl methyl sites for hydroxylation is 2. The van der Waals surface area contributed by atoms with Crippen LogP contribution in [0.2, 0.25) is 0 Å². The molecule has 0 radical (unpaired) electrons. The minimum Gasteiger partial charge on any atom is -0.368 e. The first kappa shape index (κ1) is 22.8. The zero-order valence-electron chi connectivity index (χ0n) is 20.0. The third-order valence-electron chi connectivity index (χ3n) is 5.73. The Balaban J connectivity index is 1.26. The number of para-hydroxylation sites is 1. The number of pyridine rings is 1. The van der Waals surface area contributed by atoms with Crippen molar-refractivity contribution < 1.29 is 0 Å². The van der Waals surface area contributed by atoms with E-state index in [1.165, 1.54) is 0 Å². The van der Waals surface area contributed by atoms with Gasteiger partial charge in [0.2, 0.25) is 5.95 Å². The molecule has 0 fully saturated rings. The van der Waals surface area contributed by atoms with Gasteiger partial charge >= 0.3 is 0 Å². The fourth-order valence-corrected chi connectivity index (χ4v) is 3.97. The highest BCUT2D eigenvalue weighted by Gasteiger charge is 2.08. The van der Waals surface area contributed by atoms with Crippen LogP contribution >= 0.6 is 0 Å². The zero-order valence-corrected chi connectivity index (χ0v) is 20.0. The normalized spacial score (nSPS) is 10.7. The van der Waals surface area contributed by atoms with Crippen LogP contribution in [-0.4, -0.2) is 20.8 Å². The standard InChI is InChI=1S/C28H26N8/c1-17-15-21(34-26-16-18(2)32-28(30)36-26)11-12-23(17)35-27(29)19-7-9-20(10-8-19)33-25-13-14-31-24-6-4-3-5-22(24)25/h3-16H,1-2H3,(H2,29,35)(H,31,33)(H3,30,32,34,36). The van der Waals surface area contributed by atoms with Crippen LogP contribution in [0.25, 0.3) is 10.9 Å². The number of nitrogen functional groups attached to an aromatic ring is 1. The first-order valence-corrected chi connectivity index (χ1v) is 11.5. The average molecular weight is 475 g/mol. The van der Waals surface area contributed by atoms with Crippen molar-refractivity contribution in [1.82, 2.24) is 15.0 Å². The zero-order chi connectivity index (χ0) is 25.1. The van der Waals surface area contributed by atoms with Gasteiger partial charge in [-0.25, -0.2) is 4.98 Å². The summed E-state index contributed by atoms with van der Waals surface area (Å²) in [7, 11) is 0. The lowest BCUT2D eigenvalue weighted by Gasteiger charge is -2.14. The van der Waals surface area contributed by atoms with Gasteiger partial charge in [0, 0.05) is 51.7 Å². The smallest absolute Gasteiger partial charge is 0.222 e. The van der Waals surface area contributed by atoms with Crippen molar-refractivity contribution in [2.24, 2.45) is 0 Å². The summed E-state index contributed by atoms with van der Waals surface area (Å²) >= 11 is 0. The molecule has 3 aromatic carbocycles. The predicted octanol–water partition coefficient (Wildman–Crippen LogP) is 6.15. The van der Waals surface area contributed by atoms with Gasteiger partial charge in [-0.05, 0) is 74.0 Å². The molecular formula is C28H26N8. The average Bonchev–Trinajstić information content (AvgIpc) is 2.86. The summed E-state index contributed by atoms with van der Waals surface area (Å²) in [6.07, 6.45) is 1.80. The molecule has 36 heavy (non-hydrogen) atoms. The molecule has 8 heteroatoms. The van der Waals surface area contributed by atoms with Crippen molar-refractivity contribution in [2.75, 3.05) is 21.7 Å². The Hall–Kier alpha value is -4.98. The number of nitrogens with one attached hydrogen (secondary N) is 4. The molecule has 0 saturated heterocycles. The Labute approximate surface area is 209 Å². The molecule has 0 aliphatic carbocycles. The Morgan fingerprint density at radius 1 is 0.806 bits per heavy atom. The summed E-state index contributed by atoms with van der Waals surface area (Å²) in [5.74, 6) is 1.19. The van der Waals surface area contributed by atoms with Gasteiger partial charge in [0.25, 0.3) is 0 Å². The van der Waals surface area contributed by atoms with E-state index in [1.807, 2.05) is 92.7 Å². The summed E-state index contributed by atoms with van der Waals surface area (Å²) < 4.78 is 0. The highest BCUT2D eigenvalue weighted by molar-refractivity contribution is 6.06. The van der Waals surface area contributed by atoms with Gasteiger partial charge in [0.1, 0.15) is 11.7 Å². The lowest BCUT2D eigenvalue weighted by molar-refractivity contribution is 1.12. The maximum absolute atomic E-state index is 8.56. The van der Waals surface area contributed by atoms with E-state index in [0.29, 0.717) is 11.7 Å². The quantitative estimate of drug-likeness (QED) is 0.148. The van der Waals surface area contributed by atoms with E-state index in [4.69, 9.17) is 11.1 Å². The SMILES string of the molecule is Cc1cc(Nc2ccc(NC(=N)c3ccc(Nc4ccnc5ccccc45)cc3)c(C)c2)nc(N)n1. The molecular weight excluding hydrogens is 448 g/mol. The number of amidine groups is 1. The van der Waals surface area contributed by atoms with E-state index in [-0.39, 0.29) is 5.95 Å². The van der Waals surface area contributed by atoms with Crippen molar-refractivity contribution in [1.29, 1.82) is 5.41 Å². The molecule has 2 aromatic heterocycles. The van der Waals surface area contributed by atoms with Crippen LogP contribution in [-0.2, 0) is 0 Å². The van der Waals surface area contributed by atoms with Crippen LogP contribution in [0.3, 0.4) is 0 Å². The topological polar surface area (TPSA) is 125 Å². The summed E-state index contributed by atoms with van der Waals surface area (Å²) in [5, 5.41) is 19.5. The number of nitrogens with zero attached hydrogens (tertiary/aromatic N) is 3. The molecule has 0 bridgehead atoms. The van der Waals surface area contributed by atoms with Gasteiger partial charge in [-0.1, -0.05) is 18.2 Å². The van der Waals surface area contributed by atoms with Crippen molar-refractivity contribution in [3.63, 3.8) is 0 Å². The van der Waals surface area contributed by atoms with Gasteiger partial charge in [0.05, 0.1) is 5.52 Å². The maximum atomic E-state index is 8.56. The molecule has 178 valence electrons. The molecule has 8 nitrogen and oxygen atoms in total. The third-order valence-corrected chi connectivity index (χ3v) is 5.73. The monoisotopic (exact) mass is 474 g/mol. The molecule has 2 heterocycles. The number of nitrogens with two attached hydrogens (primary N) is 1. The molecule has 0 amide bonds. The summed E-state index contributed by atoms with van der Waals surface area (Å²) in [6, 6.07) is 25.5. The Morgan fingerprint density at radius 3 is 2.36 bits per heavy atom. The van der Waals surface area contributed by atoms with E-state index in [0.717, 1.165) is 50.5 Å². The number of anilines is 6. The predicted molar refractivity (Wildman–Crippen MR) is 148 cm³/mol. The number of hydrogen-bond acceptors (Lipinski definition) is 7. The summed E-state index contributed by atoms with van der Waals surface area (Å²) in [4.78, 5) is 12.7. The van der Waals surface area contributed by atoms with Crippen LogP contribution in [0.15, 0.2) is 85.1 Å². The Bertz CT molecular complexity index is 1540. The van der Waals surface area contributed by atoms with E-state index in [1.54, 1.807) is 6.20 Å². The van der Waals surface area contributed by atoms with Crippen molar-refractivity contribution in [3.05, 3.63) is 102 Å². The number of fused-ring (bicyclic) bond motifs is 1. The van der Waals surface area contributed by atoms with Crippen molar-refractivity contribution >= 4 is 51.3 Å². The third kappa shape index (κ3) is 5.07. The summed E-state index contributed by atoms with van der Waals surface area (Å²) in [5.41, 5.74) is 12.9. The maximum Gasteiger partial charge on any atom is 0.222 e. The molecule has 0 aliphatic heterocycles. The Morgan fingerprint density at radius 2 is 1.58 bits per heavy atom. The first-order valence-electron chi connectivity index (χ1n) is 11.5. The minimum atomic E-state index is 0.233. The number of hydrogen-bond donors (Lipinski definition) is 5. The van der Waals surface area contributed by atoms with E-state index in [9.17, 15) is 0 Å².